The predicted octanol–water partition coefficient (Wildman–Crippen LogP) is 0.463. The number of ether oxygens (including phenoxy) is 2. The highest BCUT2D eigenvalue weighted by Crippen LogP contribution is 2.28. The Morgan fingerprint density at radius 1 is 1.25 bits per heavy atom. The number of carbonyl (C=O) groups excluding carboxylic acids is 4. The van der Waals surface area contributed by atoms with E-state index in [9.17, 15) is 19.2 Å². The first kappa shape index (κ1) is 20.9. The van der Waals surface area contributed by atoms with Crippen molar-refractivity contribution in [1.29, 1.82) is 0 Å². The van der Waals surface area contributed by atoms with Crippen LogP contribution in [0.1, 0.15) is 31.8 Å². The minimum atomic E-state index is -1.71. The van der Waals surface area contributed by atoms with Crippen LogP contribution in [0.5, 0.6) is 5.75 Å². The number of aromatic nitrogens is 1. The second-order valence-electron chi connectivity index (χ2n) is 7.16. The monoisotopic (exact) mass is 434 g/mol. The van der Waals surface area contributed by atoms with Gasteiger partial charge in [0.2, 0.25) is 5.54 Å². The van der Waals surface area contributed by atoms with Gasteiger partial charge in [0.25, 0.3) is 11.8 Å². The average Bonchev–Trinajstić information content (AvgIpc) is 3.26. The number of hydrogen-bond donors (Lipinski definition) is 2. The van der Waals surface area contributed by atoms with Crippen LogP contribution in [0.15, 0.2) is 36.7 Å². The molecule has 2 aromatic rings. The number of carbonyl (C=O) groups is 4. The summed E-state index contributed by atoms with van der Waals surface area (Å²) in [6.45, 7) is 0.0479. The molecule has 2 aliphatic rings. The molecule has 4 amide bonds. The van der Waals surface area contributed by atoms with Gasteiger partial charge in [-0.3, -0.25) is 19.9 Å². The maximum Gasteiger partial charge on any atom is 0.339 e. The van der Waals surface area contributed by atoms with Gasteiger partial charge in [-0.2, -0.15) is 0 Å². The van der Waals surface area contributed by atoms with Gasteiger partial charge in [-0.05, 0) is 23.8 Å². The van der Waals surface area contributed by atoms with Crippen molar-refractivity contribution >= 4 is 23.8 Å². The van der Waals surface area contributed by atoms with Crippen molar-refractivity contribution in [2.24, 2.45) is 0 Å². The lowest BCUT2D eigenvalue weighted by Crippen LogP contribution is -2.54. The number of nitrogens with zero attached hydrogens (tertiary/aromatic N) is 2. The van der Waals surface area contributed by atoms with E-state index in [0.29, 0.717) is 11.3 Å². The zero-order chi connectivity index (χ0) is 22.9. The van der Waals surface area contributed by atoms with Gasteiger partial charge in [0.05, 0.1) is 31.9 Å². The summed E-state index contributed by atoms with van der Waals surface area (Å²) >= 11 is 0. The number of rotatable bonds is 4. The third-order valence-electron chi connectivity index (χ3n) is 5.20. The van der Waals surface area contributed by atoms with Crippen molar-refractivity contribution in [2.45, 2.75) is 12.1 Å². The van der Waals surface area contributed by atoms with E-state index in [1.807, 2.05) is 0 Å². The van der Waals surface area contributed by atoms with Gasteiger partial charge in [0, 0.05) is 24.5 Å². The van der Waals surface area contributed by atoms with Crippen molar-refractivity contribution < 1.29 is 28.7 Å². The molecule has 3 heterocycles. The topological polar surface area (TPSA) is 127 Å². The molecule has 1 aromatic heterocycles. The first-order chi connectivity index (χ1) is 15.4. The van der Waals surface area contributed by atoms with E-state index >= 15 is 0 Å². The van der Waals surface area contributed by atoms with Crippen LogP contribution in [0.25, 0.3) is 0 Å². The molecule has 162 valence electrons. The molecule has 0 aliphatic carbocycles. The summed E-state index contributed by atoms with van der Waals surface area (Å²) in [4.78, 5) is 55.0. The van der Waals surface area contributed by atoms with E-state index in [-0.39, 0.29) is 30.1 Å². The van der Waals surface area contributed by atoms with Crippen LogP contribution < -0.4 is 15.4 Å². The molecular formula is C22H18N4O6. The second-order valence-corrected chi connectivity index (χ2v) is 7.16. The largest absolute Gasteiger partial charge is 0.497 e. The molecular weight excluding hydrogens is 416 g/mol. The lowest BCUT2D eigenvalue weighted by atomic mass is 9.98. The highest BCUT2D eigenvalue weighted by molar-refractivity contribution is 6.10. The van der Waals surface area contributed by atoms with E-state index in [0.717, 1.165) is 5.56 Å². The Bertz CT molecular complexity index is 1210. The van der Waals surface area contributed by atoms with Gasteiger partial charge < -0.3 is 19.7 Å². The molecule has 10 nitrogen and oxygen atoms in total. The number of nitrogens with one attached hydrogen (secondary N) is 2. The van der Waals surface area contributed by atoms with Crippen molar-refractivity contribution in [3.63, 3.8) is 0 Å². The highest BCUT2D eigenvalue weighted by atomic mass is 16.5. The molecule has 32 heavy (non-hydrogen) atoms. The molecule has 0 saturated carbocycles. The molecule has 1 saturated heterocycles. The van der Waals surface area contributed by atoms with Gasteiger partial charge in [-0.1, -0.05) is 17.9 Å². The van der Waals surface area contributed by atoms with Crippen LogP contribution in [0.4, 0.5) is 4.79 Å². The molecule has 1 atom stereocenters. The van der Waals surface area contributed by atoms with E-state index in [1.165, 1.54) is 37.6 Å². The molecule has 1 aromatic carbocycles. The molecule has 1 fully saturated rings. The fourth-order valence-corrected chi connectivity index (χ4v) is 3.57. The summed E-state index contributed by atoms with van der Waals surface area (Å²) in [6, 6.07) is 5.85. The quantitative estimate of drug-likeness (QED) is 0.407. The van der Waals surface area contributed by atoms with Crippen molar-refractivity contribution in [2.75, 3.05) is 20.8 Å². The van der Waals surface area contributed by atoms with Gasteiger partial charge >= 0.3 is 12.0 Å². The molecule has 0 spiro atoms. The van der Waals surface area contributed by atoms with Crippen molar-refractivity contribution in [1.82, 2.24) is 20.5 Å². The summed E-state index contributed by atoms with van der Waals surface area (Å²) < 4.78 is 9.92. The smallest absolute Gasteiger partial charge is 0.339 e. The van der Waals surface area contributed by atoms with Gasteiger partial charge in [0.1, 0.15) is 5.75 Å². The number of pyridine rings is 1. The Morgan fingerprint density at radius 2 is 2.06 bits per heavy atom. The number of urea groups is 1. The summed E-state index contributed by atoms with van der Waals surface area (Å²) in [5.41, 5.74) is -0.108. The Morgan fingerprint density at radius 3 is 2.75 bits per heavy atom. The van der Waals surface area contributed by atoms with E-state index in [4.69, 9.17) is 9.47 Å². The number of amides is 4. The highest BCUT2D eigenvalue weighted by Gasteiger charge is 2.48. The Kier molecular flexibility index (Phi) is 5.24. The zero-order valence-corrected chi connectivity index (χ0v) is 17.2. The van der Waals surface area contributed by atoms with Crippen molar-refractivity contribution in [3.05, 3.63) is 58.9 Å². The summed E-state index contributed by atoms with van der Waals surface area (Å²) in [5.74, 6) is 4.40. The van der Waals surface area contributed by atoms with Crippen LogP contribution in [0.3, 0.4) is 0 Å². The first-order valence-corrected chi connectivity index (χ1v) is 9.52. The fourth-order valence-electron chi connectivity index (χ4n) is 3.57. The first-order valence-electron chi connectivity index (χ1n) is 9.52. The number of imide groups is 1. The van der Waals surface area contributed by atoms with Gasteiger partial charge in [0.15, 0.2) is 0 Å². The van der Waals surface area contributed by atoms with Crippen LogP contribution in [-0.2, 0) is 16.1 Å². The van der Waals surface area contributed by atoms with Gasteiger partial charge in [-0.25, -0.2) is 9.59 Å². The molecule has 10 heteroatoms. The van der Waals surface area contributed by atoms with E-state index in [2.05, 4.69) is 27.5 Å². The summed E-state index contributed by atoms with van der Waals surface area (Å²) in [7, 11) is 2.74. The molecule has 0 unspecified atom stereocenters. The third kappa shape index (κ3) is 3.60. The number of esters is 1. The molecule has 2 aliphatic heterocycles. The maximum atomic E-state index is 12.9. The minimum absolute atomic E-state index is 0.159. The summed E-state index contributed by atoms with van der Waals surface area (Å²) in [6.07, 6.45) is 2.76. The molecule has 4 rings (SSSR count). The van der Waals surface area contributed by atoms with Crippen LogP contribution in [0, 0.1) is 11.8 Å². The Hall–Kier alpha value is -4.39. The molecule has 0 bridgehead atoms. The van der Waals surface area contributed by atoms with Crippen LogP contribution >= 0.6 is 0 Å². The number of hydrogen-bond acceptors (Lipinski definition) is 7. The molecule has 0 radical (unpaired) electrons. The fraction of sp³-hybridized carbons (Fsp3) is 0.227. The third-order valence-corrected chi connectivity index (χ3v) is 5.20. The van der Waals surface area contributed by atoms with Gasteiger partial charge in [-0.15, -0.1) is 0 Å². The zero-order valence-electron chi connectivity index (χ0n) is 17.2. The average molecular weight is 434 g/mol. The Balaban J connectivity index is 1.68. The van der Waals surface area contributed by atoms with E-state index < -0.39 is 23.4 Å². The second kappa shape index (κ2) is 8.03. The minimum Gasteiger partial charge on any atom is -0.497 e. The molecule has 2 N–H and O–H groups in total. The SMILES string of the molecule is COC(=O)c1ccncc1C#C[C@]1(CN2Cc3ccc(OC)cc3C2=O)NC(=O)NC1=O. The lowest BCUT2D eigenvalue weighted by molar-refractivity contribution is -0.122. The van der Waals surface area contributed by atoms with Crippen LogP contribution in [0.2, 0.25) is 0 Å². The normalized spacial score (nSPS) is 18.9. The number of methoxy groups -OCH3 is 2. The summed E-state index contributed by atoms with van der Waals surface area (Å²) in [5, 5.41) is 4.68. The number of benzene rings is 1. The van der Waals surface area contributed by atoms with E-state index in [1.54, 1.807) is 18.2 Å². The lowest BCUT2D eigenvalue weighted by Gasteiger charge is -2.26. The van der Waals surface area contributed by atoms with Crippen molar-refractivity contribution in [3.8, 4) is 17.6 Å². The van der Waals surface area contributed by atoms with Crippen LogP contribution in [-0.4, -0.2) is 60.0 Å². The predicted molar refractivity (Wildman–Crippen MR) is 110 cm³/mol. The standard InChI is InChI=1S/C22H18N4O6/c1-31-15-4-3-14-11-26(18(27)17(14)9-15)12-22(20(29)24-21(30)25-22)7-5-13-10-23-8-6-16(13)19(28)32-2/h3-4,6,8-10H,11-12H2,1-2H3,(H2,24,25,29,30)/t22-/m1/s1. The Labute approximate surface area is 182 Å². The number of fused-ring (bicyclic) bond motifs is 1. The maximum absolute atomic E-state index is 12.9.